The minimum atomic E-state index is -0.673. The Hall–Kier alpha value is -1.69. The van der Waals surface area contributed by atoms with Crippen LogP contribution in [0.15, 0.2) is 10.9 Å². The molecule has 0 N–H and O–H groups in total. The molecule has 21 heavy (non-hydrogen) atoms. The van der Waals surface area contributed by atoms with E-state index in [1.165, 1.54) is 15.9 Å². The van der Waals surface area contributed by atoms with E-state index in [0.29, 0.717) is 22.6 Å². The molecular formula is C15H20N2O3S. The third-order valence-corrected chi connectivity index (χ3v) is 4.13. The largest absolute Gasteiger partial charge is 0.464 e. The number of thiophene rings is 1. The van der Waals surface area contributed by atoms with Crippen LogP contribution >= 0.6 is 11.3 Å². The second-order valence-corrected chi connectivity index (χ2v) is 6.84. The third kappa shape index (κ3) is 3.15. The molecular weight excluding hydrogens is 288 g/mol. The first-order valence-corrected chi connectivity index (χ1v) is 7.78. The van der Waals surface area contributed by atoms with Gasteiger partial charge in [0.1, 0.15) is 16.7 Å². The topological polar surface area (TPSA) is 61.2 Å². The molecule has 2 rings (SSSR count). The minimum Gasteiger partial charge on any atom is -0.464 e. The van der Waals surface area contributed by atoms with Crippen LogP contribution in [0.1, 0.15) is 37.5 Å². The van der Waals surface area contributed by atoms with Crippen LogP contribution in [0, 0.1) is 19.8 Å². The van der Waals surface area contributed by atoms with E-state index in [9.17, 15) is 9.59 Å². The van der Waals surface area contributed by atoms with Gasteiger partial charge in [-0.2, -0.15) is 0 Å². The van der Waals surface area contributed by atoms with Gasteiger partial charge in [0.15, 0.2) is 0 Å². The zero-order valence-corrected chi connectivity index (χ0v) is 13.8. The summed E-state index contributed by atoms with van der Waals surface area (Å²) in [5.41, 5.74) is -0.184. The quantitative estimate of drug-likeness (QED) is 0.815. The number of ether oxygens (including phenoxy) is 1. The van der Waals surface area contributed by atoms with Crippen LogP contribution in [0.5, 0.6) is 0 Å². The maximum absolute atomic E-state index is 12.6. The molecule has 6 heteroatoms. The fraction of sp³-hybridized carbons (Fsp3) is 0.533. The van der Waals surface area contributed by atoms with Gasteiger partial charge in [-0.25, -0.2) is 9.78 Å². The molecule has 0 amide bonds. The van der Waals surface area contributed by atoms with Crippen LogP contribution in [0.3, 0.4) is 0 Å². The lowest BCUT2D eigenvalue weighted by Gasteiger charge is -2.17. The van der Waals surface area contributed by atoms with Crippen LogP contribution in [0.2, 0.25) is 0 Å². The number of fused-ring (bicyclic) bond motifs is 1. The van der Waals surface area contributed by atoms with Crippen molar-refractivity contribution in [1.29, 1.82) is 0 Å². The minimum absolute atomic E-state index is 0.184. The van der Waals surface area contributed by atoms with Gasteiger partial charge in [-0.1, -0.05) is 13.8 Å². The molecule has 0 aromatic carbocycles. The maximum Gasteiger partial charge on any atom is 0.329 e. The lowest BCUT2D eigenvalue weighted by Crippen LogP contribution is -2.32. The summed E-state index contributed by atoms with van der Waals surface area (Å²) >= 11 is 1.48. The summed E-state index contributed by atoms with van der Waals surface area (Å²) in [4.78, 5) is 30.8. The van der Waals surface area contributed by atoms with Crippen molar-refractivity contribution in [3.05, 3.63) is 27.1 Å². The van der Waals surface area contributed by atoms with E-state index in [1.807, 2.05) is 26.8 Å². The van der Waals surface area contributed by atoms with Gasteiger partial charge in [-0.3, -0.25) is 9.36 Å². The molecule has 0 aliphatic carbocycles. The fourth-order valence-electron chi connectivity index (χ4n) is 2.15. The van der Waals surface area contributed by atoms with Gasteiger partial charge in [0.2, 0.25) is 0 Å². The fourth-order valence-corrected chi connectivity index (χ4v) is 3.06. The van der Waals surface area contributed by atoms with Crippen molar-refractivity contribution in [2.75, 3.05) is 6.61 Å². The molecule has 5 nitrogen and oxygen atoms in total. The number of aryl methyl sites for hydroxylation is 2. The first-order valence-electron chi connectivity index (χ1n) is 6.97. The molecule has 114 valence electrons. The first-order chi connectivity index (χ1) is 9.81. The molecule has 0 spiro atoms. The van der Waals surface area contributed by atoms with Crippen molar-refractivity contribution >= 4 is 27.5 Å². The lowest BCUT2D eigenvalue weighted by atomic mass is 10.2. The molecule has 0 fully saturated rings. The van der Waals surface area contributed by atoms with Crippen molar-refractivity contribution in [2.45, 2.75) is 40.7 Å². The molecule has 0 saturated carbocycles. The maximum atomic E-state index is 12.6. The summed E-state index contributed by atoms with van der Waals surface area (Å²) in [7, 11) is 0. The summed E-state index contributed by atoms with van der Waals surface area (Å²) in [6, 6.07) is 1.14. The van der Waals surface area contributed by atoms with Gasteiger partial charge in [0.25, 0.3) is 5.56 Å². The van der Waals surface area contributed by atoms with Gasteiger partial charge in [0.05, 0.1) is 12.0 Å². The van der Waals surface area contributed by atoms with Crippen LogP contribution < -0.4 is 5.56 Å². The number of carbonyl (C=O) groups is 1. The van der Waals surface area contributed by atoms with E-state index in [4.69, 9.17) is 4.74 Å². The molecule has 2 aromatic rings. The van der Waals surface area contributed by atoms with Crippen molar-refractivity contribution in [3.8, 4) is 0 Å². The highest BCUT2D eigenvalue weighted by Gasteiger charge is 2.22. The Kier molecular flexibility index (Phi) is 4.46. The van der Waals surface area contributed by atoms with Crippen LogP contribution in [0.4, 0.5) is 0 Å². The van der Waals surface area contributed by atoms with Gasteiger partial charge in [-0.15, -0.1) is 11.3 Å². The molecule has 2 aromatic heterocycles. The number of hydrogen-bond donors (Lipinski definition) is 0. The number of hydrogen-bond acceptors (Lipinski definition) is 5. The van der Waals surface area contributed by atoms with Crippen molar-refractivity contribution in [1.82, 2.24) is 9.55 Å². The van der Waals surface area contributed by atoms with Gasteiger partial charge >= 0.3 is 5.97 Å². The first kappa shape index (κ1) is 15.7. The Morgan fingerprint density at radius 3 is 2.67 bits per heavy atom. The van der Waals surface area contributed by atoms with Crippen molar-refractivity contribution in [3.63, 3.8) is 0 Å². The van der Waals surface area contributed by atoms with E-state index in [-0.39, 0.29) is 11.5 Å². The van der Waals surface area contributed by atoms with Crippen LogP contribution in [-0.4, -0.2) is 22.1 Å². The zero-order chi connectivity index (χ0) is 15.7. The van der Waals surface area contributed by atoms with Gasteiger partial charge in [-0.05, 0) is 32.8 Å². The van der Waals surface area contributed by atoms with E-state index in [2.05, 4.69) is 4.98 Å². The van der Waals surface area contributed by atoms with Crippen molar-refractivity contribution in [2.24, 2.45) is 5.92 Å². The Balaban J connectivity index is 2.41. The average molecular weight is 308 g/mol. The van der Waals surface area contributed by atoms with Crippen molar-refractivity contribution < 1.29 is 9.53 Å². The highest BCUT2D eigenvalue weighted by atomic mass is 32.1. The van der Waals surface area contributed by atoms with E-state index in [1.54, 1.807) is 13.8 Å². The summed E-state index contributed by atoms with van der Waals surface area (Å²) in [6.45, 7) is 9.64. The van der Waals surface area contributed by atoms with Crippen LogP contribution in [0.25, 0.3) is 10.2 Å². The molecule has 1 atom stereocenters. The number of carbonyl (C=O) groups excluding carboxylic acids is 1. The molecule has 0 radical (unpaired) electrons. The van der Waals surface area contributed by atoms with Gasteiger partial charge < -0.3 is 4.74 Å². The molecule has 0 aliphatic heterocycles. The highest BCUT2D eigenvalue weighted by Crippen LogP contribution is 2.21. The highest BCUT2D eigenvalue weighted by molar-refractivity contribution is 7.18. The predicted octanol–water partition coefficient (Wildman–Crippen LogP) is 2.84. The SMILES string of the molecule is Cc1cc2c(=O)n(C(C)C(=O)OCC(C)C)c(C)nc2s1. The number of esters is 1. The normalized spacial score (nSPS) is 12.9. The Morgan fingerprint density at radius 2 is 2.05 bits per heavy atom. The molecule has 2 heterocycles. The predicted molar refractivity (Wildman–Crippen MR) is 83.9 cm³/mol. The lowest BCUT2D eigenvalue weighted by molar-refractivity contribution is -0.148. The average Bonchev–Trinajstić information content (AvgIpc) is 2.76. The molecule has 0 bridgehead atoms. The summed E-state index contributed by atoms with van der Waals surface area (Å²) in [6.07, 6.45) is 0. The molecule has 1 unspecified atom stereocenters. The molecule has 0 saturated heterocycles. The number of aromatic nitrogens is 2. The summed E-state index contributed by atoms with van der Waals surface area (Å²) in [5, 5.41) is 0.562. The third-order valence-electron chi connectivity index (χ3n) is 3.18. The van der Waals surface area contributed by atoms with Gasteiger partial charge in [0, 0.05) is 4.88 Å². The second kappa shape index (κ2) is 5.97. The second-order valence-electron chi connectivity index (χ2n) is 5.61. The summed E-state index contributed by atoms with van der Waals surface area (Å²) < 4.78 is 6.64. The zero-order valence-electron chi connectivity index (χ0n) is 13.0. The standard InChI is InChI=1S/C15H20N2O3S/c1-8(2)7-20-15(19)10(4)17-11(5)16-13-12(14(17)18)6-9(3)21-13/h6,8,10H,7H2,1-5H3. The Morgan fingerprint density at radius 1 is 1.38 bits per heavy atom. The Bertz CT molecular complexity index is 730. The summed E-state index contributed by atoms with van der Waals surface area (Å²) in [5.74, 6) is 0.393. The number of nitrogens with zero attached hydrogens (tertiary/aromatic N) is 2. The number of rotatable bonds is 4. The monoisotopic (exact) mass is 308 g/mol. The van der Waals surface area contributed by atoms with Crippen LogP contribution in [-0.2, 0) is 9.53 Å². The van der Waals surface area contributed by atoms with E-state index in [0.717, 1.165) is 4.88 Å². The smallest absolute Gasteiger partial charge is 0.329 e. The Labute approximate surface area is 127 Å². The van der Waals surface area contributed by atoms with E-state index >= 15 is 0 Å². The van der Waals surface area contributed by atoms with E-state index < -0.39 is 12.0 Å². The molecule has 0 aliphatic rings.